The first-order valence-electron chi connectivity index (χ1n) is 10.6. The van der Waals surface area contributed by atoms with Gasteiger partial charge >= 0.3 is 0 Å². The van der Waals surface area contributed by atoms with Gasteiger partial charge in [0.25, 0.3) is 0 Å². The molecule has 1 saturated heterocycles. The van der Waals surface area contributed by atoms with Crippen LogP contribution >= 0.6 is 0 Å². The third-order valence-electron chi connectivity index (χ3n) is 5.08. The molecule has 1 N–H and O–H groups in total. The Labute approximate surface area is 183 Å². The normalized spacial score (nSPS) is 14.0. The Hall–Kier alpha value is -3.38. The number of hydrogen-bond acceptors (Lipinski definition) is 6. The van der Waals surface area contributed by atoms with E-state index in [0.717, 1.165) is 44.0 Å². The summed E-state index contributed by atoms with van der Waals surface area (Å²) in [6, 6.07) is 22.5. The van der Waals surface area contributed by atoms with E-state index in [4.69, 9.17) is 9.47 Å². The number of nitrogens with one attached hydrogen (secondary N) is 1. The van der Waals surface area contributed by atoms with Crippen LogP contribution in [-0.4, -0.2) is 44.1 Å². The van der Waals surface area contributed by atoms with Gasteiger partial charge in [-0.1, -0.05) is 60.2 Å². The van der Waals surface area contributed by atoms with Gasteiger partial charge in [0.15, 0.2) is 5.82 Å². The number of anilines is 2. The van der Waals surface area contributed by atoms with Gasteiger partial charge in [-0.05, 0) is 18.1 Å². The lowest BCUT2D eigenvalue weighted by atomic mass is 10.2. The lowest BCUT2D eigenvalue weighted by molar-refractivity contribution is 0.122. The summed E-state index contributed by atoms with van der Waals surface area (Å²) in [5, 5.41) is 4.37. The number of aryl methyl sites for hydroxylation is 1. The molecule has 1 aromatic heterocycles. The van der Waals surface area contributed by atoms with Gasteiger partial charge in [-0.15, -0.1) is 0 Å². The zero-order valence-electron chi connectivity index (χ0n) is 17.8. The molecule has 2 aromatic carbocycles. The van der Waals surface area contributed by atoms with Gasteiger partial charge in [-0.25, -0.2) is 0 Å². The second-order valence-electron chi connectivity index (χ2n) is 7.52. The molecule has 6 heteroatoms. The number of rotatable bonds is 8. The summed E-state index contributed by atoms with van der Waals surface area (Å²) in [5.74, 6) is 1.25. The van der Waals surface area contributed by atoms with Gasteiger partial charge in [-0.3, -0.25) is 5.43 Å². The van der Waals surface area contributed by atoms with Crippen molar-refractivity contribution in [2.24, 2.45) is 5.10 Å². The van der Waals surface area contributed by atoms with Crippen LogP contribution in [0.25, 0.3) is 0 Å². The Balaban J connectivity index is 1.46. The van der Waals surface area contributed by atoms with E-state index in [2.05, 4.69) is 51.6 Å². The van der Waals surface area contributed by atoms with E-state index in [1.165, 1.54) is 11.1 Å². The smallest absolute Gasteiger partial charge is 0.217 e. The van der Waals surface area contributed by atoms with Gasteiger partial charge in [0, 0.05) is 37.3 Å². The van der Waals surface area contributed by atoms with Crippen molar-refractivity contribution in [3.8, 4) is 5.88 Å². The molecule has 1 fully saturated rings. The van der Waals surface area contributed by atoms with Crippen LogP contribution in [0.2, 0.25) is 0 Å². The summed E-state index contributed by atoms with van der Waals surface area (Å²) in [7, 11) is 0. The third kappa shape index (κ3) is 6.30. The maximum atomic E-state index is 6.00. The van der Waals surface area contributed by atoms with Crippen LogP contribution in [-0.2, 0) is 11.2 Å². The van der Waals surface area contributed by atoms with Gasteiger partial charge in [0.1, 0.15) is 0 Å². The predicted molar refractivity (Wildman–Crippen MR) is 125 cm³/mol. The highest BCUT2D eigenvalue weighted by molar-refractivity contribution is 5.80. The molecule has 0 saturated carbocycles. The fourth-order valence-corrected chi connectivity index (χ4v) is 3.47. The first-order valence-corrected chi connectivity index (χ1v) is 10.6. The fourth-order valence-electron chi connectivity index (χ4n) is 3.47. The molecule has 0 bridgehead atoms. The number of ether oxygens (including phenoxy) is 2. The van der Waals surface area contributed by atoms with E-state index >= 15 is 0 Å². The van der Waals surface area contributed by atoms with Gasteiger partial charge in [-0.2, -0.15) is 10.1 Å². The molecular weight excluding hydrogens is 388 g/mol. The quantitative estimate of drug-likeness (QED) is 0.438. The molecule has 160 valence electrons. The molecule has 1 aliphatic rings. The minimum absolute atomic E-state index is 0.565. The number of morpholine rings is 1. The molecule has 2 heterocycles. The van der Waals surface area contributed by atoms with Crippen molar-refractivity contribution in [3.63, 3.8) is 0 Å². The molecule has 1 aliphatic heterocycles. The predicted octanol–water partition coefficient (Wildman–Crippen LogP) is 4.29. The summed E-state index contributed by atoms with van der Waals surface area (Å²) >= 11 is 0. The highest BCUT2D eigenvalue weighted by Crippen LogP contribution is 2.25. The maximum absolute atomic E-state index is 6.00. The van der Waals surface area contributed by atoms with Crippen molar-refractivity contribution in [3.05, 3.63) is 83.4 Å². The third-order valence-corrected chi connectivity index (χ3v) is 5.08. The van der Waals surface area contributed by atoms with E-state index in [9.17, 15) is 0 Å². The summed E-state index contributed by atoms with van der Waals surface area (Å²) in [4.78, 5) is 6.89. The molecule has 6 nitrogen and oxygen atoms in total. The first-order chi connectivity index (χ1) is 15.3. The largest absolute Gasteiger partial charge is 0.477 e. The molecule has 0 unspecified atom stereocenters. The summed E-state index contributed by atoms with van der Waals surface area (Å²) in [5.41, 5.74) is 7.60. The second-order valence-corrected chi connectivity index (χ2v) is 7.52. The zero-order valence-corrected chi connectivity index (χ0v) is 17.8. The standard InChI is InChI=1S/C25H28N4O2/c1-20-6-5-9-22(16-20)19-26-28-24-17-23(29-11-14-30-15-12-29)18-25(27-24)31-13-10-21-7-3-2-4-8-21/h2-9,16-19H,10-15H2,1H3,(H,27,28). The number of benzene rings is 2. The topological polar surface area (TPSA) is 59.0 Å². The minimum Gasteiger partial charge on any atom is -0.477 e. The van der Waals surface area contributed by atoms with Crippen molar-refractivity contribution in [2.75, 3.05) is 43.2 Å². The Morgan fingerprint density at radius 2 is 1.90 bits per heavy atom. The zero-order chi connectivity index (χ0) is 21.3. The van der Waals surface area contributed by atoms with Crippen LogP contribution in [0.3, 0.4) is 0 Å². The minimum atomic E-state index is 0.565. The average Bonchev–Trinajstić information content (AvgIpc) is 2.80. The Morgan fingerprint density at radius 1 is 1.06 bits per heavy atom. The van der Waals surface area contributed by atoms with Crippen LogP contribution in [0.15, 0.2) is 71.8 Å². The molecule has 0 spiro atoms. The van der Waals surface area contributed by atoms with Crippen LogP contribution in [0.4, 0.5) is 11.5 Å². The maximum Gasteiger partial charge on any atom is 0.217 e. The lowest BCUT2D eigenvalue weighted by Gasteiger charge is -2.29. The second kappa shape index (κ2) is 10.6. The van der Waals surface area contributed by atoms with Crippen molar-refractivity contribution in [2.45, 2.75) is 13.3 Å². The van der Waals surface area contributed by atoms with Crippen LogP contribution in [0, 0.1) is 6.92 Å². The highest BCUT2D eigenvalue weighted by Gasteiger charge is 2.14. The number of hydrogen-bond donors (Lipinski definition) is 1. The van der Waals surface area contributed by atoms with Gasteiger partial charge in [0.2, 0.25) is 5.88 Å². The molecule has 3 aromatic rings. The number of aromatic nitrogens is 1. The molecule has 0 atom stereocenters. The molecule has 0 radical (unpaired) electrons. The molecule has 31 heavy (non-hydrogen) atoms. The Kier molecular flexibility index (Phi) is 7.13. The number of nitrogens with zero attached hydrogens (tertiary/aromatic N) is 3. The van der Waals surface area contributed by atoms with Crippen molar-refractivity contribution in [1.82, 2.24) is 4.98 Å². The van der Waals surface area contributed by atoms with Crippen LogP contribution in [0.5, 0.6) is 5.88 Å². The monoisotopic (exact) mass is 416 g/mol. The molecule has 4 rings (SSSR count). The SMILES string of the molecule is Cc1cccc(C=NNc2cc(N3CCOCC3)cc(OCCc3ccccc3)n2)c1. The van der Waals surface area contributed by atoms with E-state index in [1.807, 2.05) is 42.5 Å². The average molecular weight is 417 g/mol. The fraction of sp³-hybridized carbons (Fsp3) is 0.280. The van der Waals surface area contributed by atoms with Gasteiger partial charge in [0.05, 0.1) is 26.0 Å². The number of pyridine rings is 1. The highest BCUT2D eigenvalue weighted by atomic mass is 16.5. The van der Waals surface area contributed by atoms with Crippen LogP contribution in [0.1, 0.15) is 16.7 Å². The molecule has 0 amide bonds. The van der Waals surface area contributed by atoms with Crippen molar-refractivity contribution >= 4 is 17.7 Å². The summed E-state index contributed by atoms with van der Waals surface area (Å²) < 4.78 is 11.5. The van der Waals surface area contributed by atoms with Crippen molar-refractivity contribution in [1.29, 1.82) is 0 Å². The van der Waals surface area contributed by atoms with E-state index in [1.54, 1.807) is 6.21 Å². The van der Waals surface area contributed by atoms with E-state index in [-0.39, 0.29) is 0 Å². The van der Waals surface area contributed by atoms with E-state index < -0.39 is 0 Å². The Morgan fingerprint density at radius 3 is 2.71 bits per heavy atom. The van der Waals surface area contributed by atoms with Gasteiger partial charge < -0.3 is 14.4 Å². The lowest BCUT2D eigenvalue weighted by Crippen LogP contribution is -2.36. The first kappa shape index (κ1) is 20.9. The molecule has 0 aliphatic carbocycles. The van der Waals surface area contributed by atoms with Crippen LogP contribution < -0.4 is 15.1 Å². The molecular formula is C25H28N4O2. The summed E-state index contributed by atoms with van der Waals surface area (Å²) in [6.07, 6.45) is 2.63. The number of hydrazone groups is 1. The summed E-state index contributed by atoms with van der Waals surface area (Å²) in [6.45, 7) is 5.77. The van der Waals surface area contributed by atoms with E-state index in [0.29, 0.717) is 18.3 Å². The van der Waals surface area contributed by atoms with Crippen molar-refractivity contribution < 1.29 is 9.47 Å². The Bertz CT molecular complexity index is 1000.